The summed E-state index contributed by atoms with van der Waals surface area (Å²) in [5.74, 6) is 0.432. The molecule has 3 rings (SSSR count). The van der Waals surface area contributed by atoms with Crippen LogP contribution in [0.4, 0.5) is 16.2 Å². The highest BCUT2D eigenvalue weighted by atomic mass is 35.5. The van der Waals surface area contributed by atoms with E-state index in [-0.39, 0.29) is 11.9 Å². The third kappa shape index (κ3) is 10.9. The number of halogens is 2. The van der Waals surface area contributed by atoms with Gasteiger partial charge in [0, 0.05) is 25.2 Å². The third-order valence-corrected chi connectivity index (χ3v) is 7.06. The SMILES string of the molecule is CCCC(=O)Nc1ccc(C2CCN(C(=O)Nc3c(Cl)cccc3Cl)CC2)cc1.CCCCCCCN. The third-order valence-electron chi connectivity index (χ3n) is 6.43. The first-order valence-corrected chi connectivity index (χ1v) is 14.2. The van der Waals surface area contributed by atoms with Gasteiger partial charge in [-0.15, -0.1) is 0 Å². The maximum atomic E-state index is 12.6. The predicted octanol–water partition coefficient (Wildman–Crippen LogP) is 8.06. The Hall–Kier alpha value is -2.28. The molecule has 6 nitrogen and oxygen atoms in total. The van der Waals surface area contributed by atoms with Crippen LogP contribution in [0.1, 0.15) is 83.1 Å². The number of likely N-dealkylation sites (tertiary alicyclic amines) is 1. The maximum Gasteiger partial charge on any atom is 0.321 e. The summed E-state index contributed by atoms with van der Waals surface area (Å²) in [5, 5.41) is 6.57. The van der Waals surface area contributed by atoms with E-state index in [1.807, 2.05) is 19.1 Å². The molecular formula is C29H42Cl2N4O2. The van der Waals surface area contributed by atoms with Gasteiger partial charge in [-0.3, -0.25) is 4.79 Å². The lowest BCUT2D eigenvalue weighted by molar-refractivity contribution is -0.116. The molecule has 1 aliphatic heterocycles. The van der Waals surface area contributed by atoms with E-state index in [4.69, 9.17) is 28.9 Å². The van der Waals surface area contributed by atoms with Crippen molar-refractivity contribution in [1.29, 1.82) is 0 Å². The Labute approximate surface area is 232 Å². The molecule has 0 radical (unpaired) electrons. The summed E-state index contributed by atoms with van der Waals surface area (Å²) in [6.45, 7) is 6.39. The number of unbranched alkanes of at least 4 members (excludes halogenated alkanes) is 4. The lowest BCUT2D eigenvalue weighted by atomic mass is 9.89. The van der Waals surface area contributed by atoms with Crippen molar-refractivity contribution in [2.75, 3.05) is 30.3 Å². The number of para-hydroxylation sites is 1. The van der Waals surface area contributed by atoms with Gasteiger partial charge in [0.25, 0.3) is 0 Å². The minimum atomic E-state index is -0.188. The summed E-state index contributed by atoms with van der Waals surface area (Å²) >= 11 is 12.3. The zero-order valence-corrected chi connectivity index (χ0v) is 23.7. The molecule has 0 atom stereocenters. The number of benzene rings is 2. The summed E-state index contributed by atoms with van der Waals surface area (Å²) in [5.41, 5.74) is 7.81. The van der Waals surface area contributed by atoms with Gasteiger partial charge in [0.15, 0.2) is 0 Å². The van der Waals surface area contributed by atoms with Crippen molar-refractivity contribution in [3.8, 4) is 0 Å². The lowest BCUT2D eigenvalue weighted by Crippen LogP contribution is -2.40. The quantitative estimate of drug-likeness (QED) is 0.262. The summed E-state index contributed by atoms with van der Waals surface area (Å²) in [6.07, 6.45) is 9.72. The highest BCUT2D eigenvalue weighted by Crippen LogP contribution is 2.32. The Morgan fingerprint density at radius 1 is 0.892 bits per heavy atom. The molecule has 2 aromatic rings. The number of urea groups is 1. The lowest BCUT2D eigenvalue weighted by Gasteiger charge is -2.32. The second-order valence-corrected chi connectivity index (χ2v) is 10.2. The molecule has 4 N–H and O–H groups in total. The van der Waals surface area contributed by atoms with E-state index in [1.54, 1.807) is 23.1 Å². The van der Waals surface area contributed by atoms with Crippen molar-refractivity contribution in [3.05, 3.63) is 58.1 Å². The van der Waals surface area contributed by atoms with Gasteiger partial charge in [0.2, 0.25) is 5.91 Å². The fourth-order valence-corrected chi connectivity index (χ4v) is 4.75. The van der Waals surface area contributed by atoms with E-state index < -0.39 is 0 Å². The van der Waals surface area contributed by atoms with Gasteiger partial charge in [-0.1, -0.05) is 80.9 Å². The Bertz CT molecular complexity index is 935. The predicted molar refractivity (Wildman–Crippen MR) is 157 cm³/mol. The Morgan fingerprint density at radius 3 is 2.08 bits per heavy atom. The van der Waals surface area contributed by atoms with Crippen LogP contribution in [0.3, 0.4) is 0 Å². The molecule has 0 saturated carbocycles. The number of nitrogens with one attached hydrogen (secondary N) is 2. The molecule has 2 aromatic carbocycles. The number of nitrogens with two attached hydrogens (primary N) is 1. The van der Waals surface area contributed by atoms with Crippen LogP contribution in [0.5, 0.6) is 0 Å². The van der Waals surface area contributed by atoms with Gasteiger partial charge in [-0.25, -0.2) is 4.79 Å². The van der Waals surface area contributed by atoms with E-state index in [0.29, 0.717) is 41.2 Å². The molecule has 204 valence electrons. The fraction of sp³-hybridized carbons (Fsp3) is 0.517. The van der Waals surface area contributed by atoms with Crippen molar-refractivity contribution in [3.63, 3.8) is 0 Å². The van der Waals surface area contributed by atoms with Gasteiger partial charge in [0.1, 0.15) is 0 Å². The normalized spacial score (nSPS) is 13.5. The van der Waals surface area contributed by atoms with Gasteiger partial charge >= 0.3 is 6.03 Å². The van der Waals surface area contributed by atoms with Crippen LogP contribution in [-0.2, 0) is 4.79 Å². The standard InChI is InChI=1S/C22H25Cl2N3O2.C7H17N/c1-2-4-20(28)25-17-9-7-15(8-10-17)16-11-13-27(14-12-16)22(29)26-21-18(23)5-3-6-19(21)24;1-2-3-4-5-6-7-8/h3,5-10,16H,2,4,11-14H2,1H3,(H,25,28)(H,26,29);2-8H2,1H3. The second kappa shape index (κ2) is 17.3. The molecule has 1 saturated heterocycles. The van der Waals surface area contributed by atoms with Crippen LogP contribution in [0, 0.1) is 0 Å². The van der Waals surface area contributed by atoms with E-state index in [1.165, 1.54) is 37.7 Å². The molecule has 1 fully saturated rings. The van der Waals surface area contributed by atoms with Crippen LogP contribution in [-0.4, -0.2) is 36.5 Å². The molecule has 0 aromatic heterocycles. The Kier molecular flexibility index (Phi) is 14.4. The highest BCUT2D eigenvalue weighted by molar-refractivity contribution is 6.39. The van der Waals surface area contributed by atoms with Crippen LogP contribution in [0.2, 0.25) is 10.0 Å². The molecule has 0 aliphatic carbocycles. The van der Waals surface area contributed by atoms with Crippen molar-refractivity contribution in [1.82, 2.24) is 4.90 Å². The maximum absolute atomic E-state index is 12.6. The molecule has 0 spiro atoms. The molecule has 3 amide bonds. The van der Waals surface area contributed by atoms with E-state index in [2.05, 4.69) is 29.7 Å². The Balaban J connectivity index is 0.000000521. The first kappa shape index (κ1) is 30.9. The number of rotatable bonds is 10. The number of amides is 3. The first-order chi connectivity index (χ1) is 17.9. The molecule has 0 bridgehead atoms. The molecular weight excluding hydrogens is 507 g/mol. The average Bonchev–Trinajstić information content (AvgIpc) is 2.90. The van der Waals surface area contributed by atoms with Crippen molar-refractivity contribution in [2.45, 2.75) is 77.6 Å². The summed E-state index contributed by atoms with van der Waals surface area (Å²) in [4.78, 5) is 26.1. The number of hydrogen-bond donors (Lipinski definition) is 3. The molecule has 1 aliphatic rings. The van der Waals surface area contributed by atoms with Gasteiger partial charge in [-0.05, 0) is 68.0 Å². The number of piperidine rings is 1. The minimum Gasteiger partial charge on any atom is -0.330 e. The smallest absolute Gasteiger partial charge is 0.321 e. The van der Waals surface area contributed by atoms with Crippen molar-refractivity contribution >= 4 is 46.5 Å². The minimum absolute atomic E-state index is 0.0400. The van der Waals surface area contributed by atoms with Crippen molar-refractivity contribution in [2.24, 2.45) is 5.73 Å². The summed E-state index contributed by atoms with van der Waals surface area (Å²) in [7, 11) is 0. The molecule has 0 unspecified atom stereocenters. The zero-order valence-electron chi connectivity index (χ0n) is 22.2. The number of carbonyl (C=O) groups excluding carboxylic acids is 2. The van der Waals surface area contributed by atoms with Crippen LogP contribution >= 0.6 is 23.2 Å². The van der Waals surface area contributed by atoms with Crippen LogP contribution in [0.15, 0.2) is 42.5 Å². The van der Waals surface area contributed by atoms with E-state index in [9.17, 15) is 9.59 Å². The van der Waals surface area contributed by atoms with Gasteiger partial charge < -0.3 is 21.3 Å². The van der Waals surface area contributed by atoms with E-state index >= 15 is 0 Å². The summed E-state index contributed by atoms with van der Waals surface area (Å²) in [6, 6.07) is 13.0. The molecule has 1 heterocycles. The largest absolute Gasteiger partial charge is 0.330 e. The Morgan fingerprint density at radius 2 is 1.51 bits per heavy atom. The highest BCUT2D eigenvalue weighted by Gasteiger charge is 2.24. The number of carbonyl (C=O) groups is 2. The van der Waals surface area contributed by atoms with Crippen LogP contribution < -0.4 is 16.4 Å². The monoisotopic (exact) mass is 548 g/mol. The molecule has 37 heavy (non-hydrogen) atoms. The van der Waals surface area contributed by atoms with Crippen LogP contribution in [0.25, 0.3) is 0 Å². The molecule has 8 heteroatoms. The fourth-order valence-electron chi connectivity index (χ4n) is 4.26. The first-order valence-electron chi connectivity index (χ1n) is 13.5. The van der Waals surface area contributed by atoms with E-state index in [0.717, 1.165) is 31.5 Å². The average molecular weight is 550 g/mol. The topological polar surface area (TPSA) is 87.5 Å². The zero-order chi connectivity index (χ0) is 27.0. The summed E-state index contributed by atoms with van der Waals surface area (Å²) < 4.78 is 0. The van der Waals surface area contributed by atoms with Gasteiger partial charge in [0.05, 0.1) is 15.7 Å². The number of hydrogen-bond acceptors (Lipinski definition) is 3. The van der Waals surface area contributed by atoms with Crippen molar-refractivity contribution < 1.29 is 9.59 Å². The second-order valence-electron chi connectivity index (χ2n) is 9.41. The number of nitrogens with zero attached hydrogens (tertiary/aromatic N) is 1. The number of anilines is 2. The van der Waals surface area contributed by atoms with Gasteiger partial charge in [-0.2, -0.15) is 0 Å².